The van der Waals surface area contributed by atoms with E-state index in [1.54, 1.807) is 0 Å². The van der Waals surface area contributed by atoms with Crippen LogP contribution in [0.5, 0.6) is 0 Å². The number of amides is 1. The van der Waals surface area contributed by atoms with E-state index in [9.17, 15) is 4.79 Å². The second-order valence-corrected chi connectivity index (χ2v) is 8.82. The number of hydrogen-bond acceptors (Lipinski definition) is 4. The lowest BCUT2D eigenvalue weighted by Crippen LogP contribution is -2.46. The molecule has 120 valence electrons. The molecule has 0 spiro atoms. The molecule has 2 fully saturated rings. The summed E-state index contributed by atoms with van der Waals surface area (Å²) in [4.78, 5) is 12.4. The highest BCUT2D eigenvalue weighted by atomic mass is 32.2. The highest BCUT2D eigenvalue weighted by Gasteiger charge is 2.21. The van der Waals surface area contributed by atoms with Crippen LogP contribution in [0.15, 0.2) is 24.3 Å². The highest BCUT2D eigenvalue weighted by Crippen LogP contribution is 2.43. The van der Waals surface area contributed by atoms with Gasteiger partial charge in [-0.3, -0.25) is 4.79 Å². The molecular weight excluding hydrogens is 312 g/mol. The van der Waals surface area contributed by atoms with Crippen LogP contribution < -0.4 is 10.6 Å². The molecule has 2 N–H and O–H groups in total. The minimum Gasteiger partial charge on any atom is -0.349 e. The quantitative estimate of drug-likeness (QED) is 0.887. The van der Waals surface area contributed by atoms with Gasteiger partial charge in [-0.1, -0.05) is 12.1 Å². The average Bonchev–Trinajstić information content (AvgIpc) is 2.56. The number of hydrogen-bond donors (Lipinski definition) is 2. The predicted molar refractivity (Wildman–Crippen MR) is 96.7 cm³/mol. The van der Waals surface area contributed by atoms with E-state index >= 15 is 0 Å². The van der Waals surface area contributed by atoms with Crippen molar-refractivity contribution in [3.05, 3.63) is 35.4 Å². The Hall–Kier alpha value is -0.650. The van der Waals surface area contributed by atoms with E-state index in [-0.39, 0.29) is 5.91 Å². The molecule has 1 aromatic carbocycles. The molecule has 3 nitrogen and oxygen atoms in total. The molecule has 2 aliphatic rings. The van der Waals surface area contributed by atoms with Gasteiger partial charge in [-0.05, 0) is 61.9 Å². The van der Waals surface area contributed by atoms with Gasteiger partial charge in [0.15, 0.2) is 0 Å². The van der Waals surface area contributed by atoms with Crippen molar-refractivity contribution in [1.82, 2.24) is 10.6 Å². The Kier molecular flexibility index (Phi) is 5.71. The lowest BCUT2D eigenvalue weighted by atomic mass is 10.00. The van der Waals surface area contributed by atoms with E-state index in [1.807, 2.05) is 35.7 Å². The van der Waals surface area contributed by atoms with Crippen LogP contribution in [0.25, 0.3) is 0 Å². The first-order valence-corrected chi connectivity index (χ1v) is 10.2. The van der Waals surface area contributed by atoms with Gasteiger partial charge in [0.2, 0.25) is 0 Å². The molecule has 1 amide bonds. The average molecular weight is 337 g/mol. The van der Waals surface area contributed by atoms with Gasteiger partial charge in [0.1, 0.15) is 0 Å². The van der Waals surface area contributed by atoms with Crippen LogP contribution in [0.4, 0.5) is 0 Å². The molecule has 2 heterocycles. The molecule has 2 aliphatic heterocycles. The molecule has 2 unspecified atom stereocenters. The largest absolute Gasteiger partial charge is 0.349 e. The molecule has 22 heavy (non-hydrogen) atoms. The van der Waals surface area contributed by atoms with Gasteiger partial charge in [-0.25, -0.2) is 0 Å². The molecule has 0 bridgehead atoms. The Labute approximate surface area is 141 Å². The first-order chi connectivity index (χ1) is 10.7. The SMILES string of the molecule is CC1CC(NC(=O)c2ccc(C3SCCCS3)cc2)CCN1. The fraction of sp³-hybridized carbons (Fsp3) is 0.588. The summed E-state index contributed by atoms with van der Waals surface area (Å²) in [6, 6.07) is 8.98. The Balaban J connectivity index is 1.58. The van der Waals surface area contributed by atoms with E-state index in [2.05, 4.69) is 29.7 Å². The van der Waals surface area contributed by atoms with Crippen molar-refractivity contribution >= 4 is 29.4 Å². The van der Waals surface area contributed by atoms with Crippen LogP contribution in [0, 0.1) is 0 Å². The van der Waals surface area contributed by atoms with Gasteiger partial charge in [0.25, 0.3) is 5.91 Å². The van der Waals surface area contributed by atoms with Crippen molar-refractivity contribution in [3.63, 3.8) is 0 Å². The minimum absolute atomic E-state index is 0.0644. The van der Waals surface area contributed by atoms with Crippen molar-refractivity contribution in [1.29, 1.82) is 0 Å². The summed E-state index contributed by atoms with van der Waals surface area (Å²) >= 11 is 4.03. The Morgan fingerprint density at radius 2 is 1.95 bits per heavy atom. The summed E-state index contributed by atoms with van der Waals surface area (Å²) in [7, 11) is 0. The summed E-state index contributed by atoms with van der Waals surface area (Å²) in [5.74, 6) is 2.55. The highest BCUT2D eigenvalue weighted by molar-refractivity contribution is 8.16. The monoisotopic (exact) mass is 336 g/mol. The Morgan fingerprint density at radius 1 is 1.23 bits per heavy atom. The summed E-state index contributed by atoms with van der Waals surface area (Å²) in [6.07, 6.45) is 3.34. The second kappa shape index (κ2) is 7.75. The maximum absolute atomic E-state index is 12.4. The molecule has 0 aliphatic carbocycles. The number of piperidine rings is 1. The van der Waals surface area contributed by atoms with Gasteiger partial charge in [0, 0.05) is 17.6 Å². The summed E-state index contributed by atoms with van der Waals surface area (Å²) in [5, 5.41) is 6.59. The van der Waals surface area contributed by atoms with E-state index in [0.717, 1.165) is 24.9 Å². The number of nitrogens with one attached hydrogen (secondary N) is 2. The number of thioether (sulfide) groups is 2. The van der Waals surface area contributed by atoms with Gasteiger partial charge >= 0.3 is 0 Å². The zero-order valence-corrected chi connectivity index (χ0v) is 14.6. The van der Waals surface area contributed by atoms with Crippen LogP contribution in [0.2, 0.25) is 0 Å². The normalized spacial score (nSPS) is 26.6. The second-order valence-electron chi connectivity index (χ2n) is 6.10. The molecule has 5 heteroatoms. The van der Waals surface area contributed by atoms with Gasteiger partial charge < -0.3 is 10.6 Å². The fourth-order valence-electron chi connectivity index (χ4n) is 3.00. The molecule has 1 aromatic rings. The zero-order valence-electron chi connectivity index (χ0n) is 13.0. The summed E-state index contributed by atoms with van der Waals surface area (Å²) in [5.41, 5.74) is 2.11. The van der Waals surface area contributed by atoms with Crippen LogP contribution in [-0.2, 0) is 0 Å². The summed E-state index contributed by atoms with van der Waals surface area (Å²) < 4.78 is 0.538. The first kappa shape index (κ1) is 16.2. The maximum Gasteiger partial charge on any atom is 0.251 e. The number of carbonyl (C=O) groups excluding carboxylic acids is 1. The molecule has 0 saturated carbocycles. The van der Waals surface area contributed by atoms with E-state index < -0.39 is 0 Å². The van der Waals surface area contributed by atoms with Crippen molar-refractivity contribution in [3.8, 4) is 0 Å². The third kappa shape index (κ3) is 4.21. The van der Waals surface area contributed by atoms with Crippen molar-refractivity contribution in [2.75, 3.05) is 18.1 Å². The minimum atomic E-state index is 0.0644. The maximum atomic E-state index is 12.4. The van der Waals surface area contributed by atoms with Crippen LogP contribution in [0.3, 0.4) is 0 Å². The van der Waals surface area contributed by atoms with Crippen molar-refractivity contribution in [2.24, 2.45) is 0 Å². The third-order valence-electron chi connectivity index (χ3n) is 4.23. The van der Waals surface area contributed by atoms with Gasteiger partial charge in [-0.15, -0.1) is 23.5 Å². The van der Waals surface area contributed by atoms with E-state index in [4.69, 9.17) is 0 Å². The molecular formula is C17H24N2OS2. The van der Waals surface area contributed by atoms with Crippen molar-refractivity contribution in [2.45, 2.75) is 42.9 Å². The van der Waals surface area contributed by atoms with Crippen LogP contribution in [-0.4, -0.2) is 36.0 Å². The zero-order chi connectivity index (χ0) is 15.4. The lowest BCUT2D eigenvalue weighted by Gasteiger charge is -2.28. The van der Waals surface area contributed by atoms with Crippen molar-refractivity contribution < 1.29 is 4.79 Å². The van der Waals surface area contributed by atoms with Crippen LogP contribution >= 0.6 is 23.5 Å². The lowest BCUT2D eigenvalue weighted by molar-refractivity contribution is 0.0925. The predicted octanol–water partition coefficient (Wildman–Crippen LogP) is 3.43. The molecule has 3 rings (SSSR count). The third-order valence-corrected chi connectivity index (χ3v) is 7.25. The van der Waals surface area contributed by atoms with Crippen LogP contribution in [0.1, 0.15) is 46.7 Å². The fourth-order valence-corrected chi connectivity index (χ4v) is 5.90. The first-order valence-electron chi connectivity index (χ1n) is 8.10. The summed E-state index contributed by atoms with van der Waals surface area (Å²) in [6.45, 7) is 3.16. The number of carbonyl (C=O) groups is 1. The topological polar surface area (TPSA) is 41.1 Å². The van der Waals surface area contributed by atoms with Gasteiger partial charge in [-0.2, -0.15) is 0 Å². The molecule has 0 aromatic heterocycles. The Morgan fingerprint density at radius 3 is 2.64 bits per heavy atom. The van der Waals surface area contributed by atoms with E-state index in [1.165, 1.54) is 23.5 Å². The molecule has 2 saturated heterocycles. The van der Waals surface area contributed by atoms with Gasteiger partial charge in [0.05, 0.1) is 4.58 Å². The molecule has 2 atom stereocenters. The Bertz CT molecular complexity index is 500. The number of benzene rings is 1. The van der Waals surface area contributed by atoms with E-state index in [0.29, 0.717) is 16.7 Å². The number of rotatable bonds is 3. The standard InChI is InChI=1S/C17H24N2OS2/c1-12-11-15(7-8-18-12)19-16(20)13-3-5-14(6-4-13)17-21-9-2-10-22-17/h3-6,12,15,17-18H,2,7-11H2,1H3,(H,19,20). The molecule has 0 radical (unpaired) electrons. The smallest absolute Gasteiger partial charge is 0.251 e.